The molecular weight excluding hydrogens is 276 g/mol. The summed E-state index contributed by atoms with van der Waals surface area (Å²) in [6.07, 6.45) is 4.73. The van der Waals surface area contributed by atoms with E-state index in [0.717, 1.165) is 11.1 Å². The monoisotopic (exact) mass is 298 g/mol. The quantitative estimate of drug-likeness (QED) is 0.576. The molecule has 2 atom stereocenters. The molecule has 1 saturated carbocycles. The second-order valence-corrected chi connectivity index (χ2v) is 6.39. The molecule has 0 aliphatic heterocycles. The first kappa shape index (κ1) is 16.3. The summed E-state index contributed by atoms with van der Waals surface area (Å²) in [6.45, 7) is 14.6. The van der Waals surface area contributed by atoms with E-state index >= 15 is 0 Å². The number of carbonyl (C=O) groups is 3. The zero-order valence-electron chi connectivity index (χ0n) is 13.3. The van der Waals surface area contributed by atoms with Crippen molar-refractivity contribution in [2.75, 3.05) is 0 Å². The van der Waals surface area contributed by atoms with E-state index in [4.69, 9.17) is 0 Å². The maximum atomic E-state index is 13.2. The predicted octanol–water partition coefficient (Wildman–Crippen LogP) is 3.52. The molecule has 1 fully saturated rings. The summed E-state index contributed by atoms with van der Waals surface area (Å²) in [5, 5.41) is 0. The fourth-order valence-electron chi connectivity index (χ4n) is 4.04. The lowest BCUT2D eigenvalue weighted by molar-refractivity contribution is -0.154. The molecule has 0 aromatic heterocycles. The van der Waals surface area contributed by atoms with Crippen molar-refractivity contribution in [1.82, 2.24) is 0 Å². The molecule has 3 nitrogen and oxygen atoms in total. The van der Waals surface area contributed by atoms with Gasteiger partial charge < -0.3 is 0 Å². The lowest BCUT2D eigenvalue weighted by Gasteiger charge is -2.50. The van der Waals surface area contributed by atoms with E-state index in [9.17, 15) is 14.4 Å². The zero-order chi connectivity index (χ0) is 16.7. The maximum absolute atomic E-state index is 13.2. The number of carbonyl (C=O) groups excluding carboxylic acids is 3. The van der Waals surface area contributed by atoms with Crippen molar-refractivity contribution < 1.29 is 14.4 Å². The number of rotatable bonds is 5. The Balaban J connectivity index is 2.85. The van der Waals surface area contributed by atoms with Crippen LogP contribution in [0.3, 0.4) is 0 Å². The molecule has 3 heteroatoms. The van der Waals surface area contributed by atoms with Crippen LogP contribution in [-0.4, -0.2) is 17.3 Å². The number of fused-ring (bicyclic) bond motifs is 2. The van der Waals surface area contributed by atoms with Crippen LogP contribution in [0.1, 0.15) is 39.5 Å². The summed E-state index contributed by atoms with van der Waals surface area (Å²) in [7, 11) is 0. The van der Waals surface area contributed by atoms with Crippen LogP contribution >= 0.6 is 0 Å². The minimum atomic E-state index is -1.59. The van der Waals surface area contributed by atoms with E-state index in [1.54, 1.807) is 12.2 Å². The Morgan fingerprint density at radius 3 is 2.36 bits per heavy atom. The van der Waals surface area contributed by atoms with Crippen LogP contribution in [0.5, 0.6) is 0 Å². The highest BCUT2D eigenvalue weighted by Crippen LogP contribution is 2.57. The van der Waals surface area contributed by atoms with Crippen LogP contribution in [0.2, 0.25) is 0 Å². The first-order chi connectivity index (χ1) is 10.3. The standard InChI is InChI=1S/C19H22O3/c1-6-8-15-13(4)18(9-7-2)10-12(3)11-19(14(5)20,16(15)21)17(18)22/h6-7H,1-3,8-11H2,4-5H3. The van der Waals surface area contributed by atoms with E-state index in [2.05, 4.69) is 19.7 Å². The molecule has 0 aromatic rings. The fourth-order valence-corrected chi connectivity index (χ4v) is 4.04. The third-order valence-corrected chi connectivity index (χ3v) is 5.16. The minimum absolute atomic E-state index is 0.132. The topological polar surface area (TPSA) is 51.2 Å². The molecule has 2 rings (SSSR count). The summed E-state index contributed by atoms with van der Waals surface area (Å²) in [6, 6.07) is 0. The van der Waals surface area contributed by atoms with Crippen LogP contribution in [0, 0.1) is 10.8 Å². The van der Waals surface area contributed by atoms with Gasteiger partial charge in [0.05, 0.1) is 5.41 Å². The summed E-state index contributed by atoms with van der Waals surface area (Å²) >= 11 is 0. The Morgan fingerprint density at radius 2 is 1.86 bits per heavy atom. The number of ketones is 3. The van der Waals surface area contributed by atoms with Gasteiger partial charge in [0.1, 0.15) is 0 Å². The van der Waals surface area contributed by atoms with Crippen molar-refractivity contribution in [3.05, 3.63) is 48.6 Å². The largest absolute Gasteiger partial charge is 0.298 e. The van der Waals surface area contributed by atoms with Gasteiger partial charge in [-0.05, 0) is 39.5 Å². The van der Waals surface area contributed by atoms with Crippen molar-refractivity contribution in [3.63, 3.8) is 0 Å². The van der Waals surface area contributed by atoms with E-state index in [1.807, 2.05) is 6.92 Å². The molecule has 0 N–H and O–H groups in total. The number of allylic oxidation sites excluding steroid dienone is 5. The van der Waals surface area contributed by atoms with Gasteiger partial charge in [-0.25, -0.2) is 0 Å². The second kappa shape index (κ2) is 5.31. The average molecular weight is 298 g/mol. The Kier molecular flexibility index (Phi) is 3.94. The molecule has 0 heterocycles. The SMILES string of the molecule is C=CCC1=C(C)C2(CC=C)CC(=C)CC(C(C)=O)(C1=O)C2=O. The zero-order valence-corrected chi connectivity index (χ0v) is 13.3. The number of Topliss-reactive ketones (excluding diaryl/α,β-unsaturated/α-hetero) is 3. The summed E-state index contributed by atoms with van der Waals surface area (Å²) in [4.78, 5) is 38.5. The van der Waals surface area contributed by atoms with Gasteiger partial charge in [-0.15, -0.1) is 13.2 Å². The Morgan fingerprint density at radius 1 is 1.23 bits per heavy atom. The number of hydrogen-bond donors (Lipinski definition) is 0. The molecule has 0 amide bonds. The van der Waals surface area contributed by atoms with Crippen LogP contribution in [0.4, 0.5) is 0 Å². The molecule has 2 aliphatic carbocycles. The van der Waals surface area contributed by atoms with Crippen LogP contribution < -0.4 is 0 Å². The van der Waals surface area contributed by atoms with E-state index in [1.165, 1.54) is 6.92 Å². The van der Waals surface area contributed by atoms with Gasteiger partial charge in [-0.2, -0.15) is 0 Å². The van der Waals surface area contributed by atoms with Crippen molar-refractivity contribution in [3.8, 4) is 0 Å². The van der Waals surface area contributed by atoms with Crippen molar-refractivity contribution in [1.29, 1.82) is 0 Å². The first-order valence-corrected chi connectivity index (χ1v) is 7.47. The molecule has 22 heavy (non-hydrogen) atoms. The summed E-state index contributed by atoms with van der Waals surface area (Å²) < 4.78 is 0. The Labute approximate surface area is 131 Å². The molecule has 0 radical (unpaired) electrons. The lowest BCUT2D eigenvalue weighted by Crippen LogP contribution is -2.59. The van der Waals surface area contributed by atoms with Crippen LogP contribution in [0.15, 0.2) is 48.6 Å². The van der Waals surface area contributed by atoms with Gasteiger partial charge in [0, 0.05) is 5.57 Å². The summed E-state index contributed by atoms with van der Waals surface area (Å²) in [5.41, 5.74) is -0.355. The molecule has 0 aromatic carbocycles. The number of hydrogen-bond acceptors (Lipinski definition) is 3. The average Bonchev–Trinajstić information content (AvgIpc) is 2.45. The van der Waals surface area contributed by atoms with Gasteiger partial charge in [0.15, 0.2) is 22.8 Å². The smallest absolute Gasteiger partial charge is 0.180 e. The molecule has 2 aliphatic rings. The van der Waals surface area contributed by atoms with Gasteiger partial charge in [-0.3, -0.25) is 14.4 Å². The van der Waals surface area contributed by atoms with Gasteiger partial charge in [-0.1, -0.05) is 29.9 Å². The molecule has 116 valence electrons. The van der Waals surface area contributed by atoms with E-state index < -0.39 is 10.8 Å². The van der Waals surface area contributed by atoms with Crippen molar-refractivity contribution in [2.45, 2.75) is 39.5 Å². The first-order valence-electron chi connectivity index (χ1n) is 7.47. The third kappa shape index (κ3) is 1.84. The molecule has 0 saturated heterocycles. The van der Waals surface area contributed by atoms with Gasteiger partial charge in [0.2, 0.25) is 0 Å². The summed E-state index contributed by atoms with van der Waals surface area (Å²) in [5.74, 6) is -1.01. The third-order valence-electron chi connectivity index (χ3n) is 5.16. The van der Waals surface area contributed by atoms with Crippen molar-refractivity contribution >= 4 is 17.3 Å². The van der Waals surface area contributed by atoms with E-state index in [-0.39, 0.29) is 23.8 Å². The maximum Gasteiger partial charge on any atom is 0.180 e. The Hall–Kier alpha value is -2.03. The molecule has 0 spiro atoms. The van der Waals surface area contributed by atoms with Crippen LogP contribution in [0.25, 0.3) is 0 Å². The molecule has 2 bridgehead atoms. The normalized spacial score (nSPS) is 31.3. The predicted molar refractivity (Wildman–Crippen MR) is 86.3 cm³/mol. The second-order valence-electron chi connectivity index (χ2n) is 6.39. The molecular formula is C19H22O3. The Bertz CT molecular complexity index is 650. The highest BCUT2D eigenvalue weighted by Gasteiger charge is 2.64. The van der Waals surface area contributed by atoms with Gasteiger partial charge >= 0.3 is 0 Å². The van der Waals surface area contributed by atoms with Crippen LogP contribution in [-0.2, 0) is 14.4 Å². The highest BCUT2D eigenvalue weighted by molar-refractivity contribution is 6.32. The molecule has 2 unspecified atom stereocenters. The van der Waals surface area contributed by atoms with Crippen molar-refractivity contribution in [2.24, 2.45) is 10.8 Å². The van der Waals surface area contributed by atoms with Gasteiger partial charge in [0.25, 0.3) is 0 Å². The highest BCUT2D eigenvalue weighted by atomic mass is 16.2. The minimum Gasteiger partial charge on any atom is -0.298 e. The van der Waals surface area contributed by atoms with E-state index in [0.29, 0.717) is 24.8 Å². The lowest BCUT2D eigenvalue weighted by atomic mass is 9.48. The fraction of sp³-hybridized carbons (Fsp3) is 0.421.